The van der Waals surface area contributed by atoms with Gasteiger partial charge in [-0.1, -0.05) is 42.5 Å². The molecule has 0 aromatic heterocycles. The van der Waals surface area contributed by atoms with Gasteiger partial charge >= 0.3 is 0 Å². The summed E-state index contributed by atoms with van der Waals surface area (Å²) in [4.78, 5) is 2.24. The molecule has 0 aliphatic carbocycles. The Morgan fingerprint density at radius 3 is 2.52 bits per heavy atom. The zero-order chi connectivity index (χ0) is 16.5. The first-order chi connectivity index (χ1) is 11.2. The second-order valence-corrected chi connectivity index (χ2v) is 5.55. The molecule has 122 valence electrons. The van der Waals surface area contributed by atoms with Crippen LogP contribution in [0.25, 0.3) is 0 Å². The van der Waals surface area contributed by atoms with Crippen LogP contribution in [0.1, 0.15) is 11.1 Å². The van der Waals surface area contributed by atoms with Crippen LogP contribution in [-0.4, -0.2) is 32.2 Å². The highest BCUT2D eigenvalue weighted by molar-refractivity contribution is 5.43. The average molecular weight is 311 g/mol. The fraction of sp³-hybridized carbons (Fsp3) is 0.300. The van der Waals surface area contributed by atoms with Gasteiger partial charge in [0, 0.05) is 13.1 Å². The Bertz CT molecular complexity index is 610. The average Bonchev–Trinajstić information content (AvgIpc) is 2.57. The normalized spacial score (nSPS) is 10.6. The lowest BCUT2D eigenvalue weighted by Gasteiger charge is -2.18. The Kier molecular flexibility index (Phi) is 6.70. The standard InChI is InChI=1S/C20H25NO2/c1-4-8-17-11-12-19(20(15-17)22-3)23-14-13-21(2)16-18-9-6-5-7-10-18/h4-7,9-12,15H,1,8,13-14,16H2,2-3H3. The van der Waals surface area contributed by atoms with E-state index < -0.39 is 0 Å². The van der Waals surface area contributed by atoms with E-state index in [0.717, 1.165) is 31.0 Å². The van der Waals surface area contributed by atoms with Crippen LogP contribution in [0.3, 0.4) is 0 Å². The lowest BCUT2D eigenvalue weighted by Crippen LogP contribution is -2.23. The van der Waals surface area contributed by atoms with Crippen molar-refractivity contribution in [3.8, 4) is 11.5 Å². The molecule has 0 saturated heterocycles. The Labute approximate surface area is 139 Å². The number of rotatable bonds is 9. The summed E-state index contributed by atoms with van der Waals surface area (Å²) < 4.78 is 11.3. The van der Waals surface area contributed by atoms with E-state index in [1.165, 1.54) is 11.1 Å². The van der Waals surface area contributed by atoms with Crippen molar-refractivity contribution in [3.05, 3.63) is 72.3 Å². The Balaban J connectivity index is 1.84. The van der Waals surface area contributed by atoms with Crippen LogP contribution in [0, 0.1) is 0 Å². The monoisotopic (exact) mass is 311 g/mol. The molecule has 0 aliphatic rings. The summed E-state index contributed by atoms with van der Waals surface area (Å²) in [6, 6.07) is 16.5. The molecule has 0 saturated carbocycles. The van der Waals surface area contributed by atoms with E-state index in [-0.39, 0.29) is 0 Å². The zero-order valence-corrected chi connectivity index (χ0v) is 14.0. The third-order valence-electron chi connectivity index (χ3n) is 3.63. The van der Waals surface area contributed by atoms with Gasteiger partial charge in [-0.25, -0.2) is 0 Å². The van der Waals surface area contributed by atoms with Gasteiger partial charge in [0.2, 0.25) is 0 Å². The van der Waals surface area contributed by atoms with Gasteiger partial charge in [0.05, 0.1) is 7.11 Å². The van der Waals surface area contributed by atoms with Crippen molar-refractivity contribution in [1.82, 2.24) is 4.90 Å². The van der Waals surface area contributed by atoms with E-state index in [0.29, 0.717) is 6.61 Å². The summed E-state index contributed by atoms with van der Waals surface area (Å²) in [5, 5.41) is 0. The number of likely N-dealkylation sites (N-methyl/N-ethyl adjacent to an activating group) is 1. The highest BCUT2D eigenvalue weighted by Gasteiger charge is 2.06. The minimum Gasteiger partial charge on any atom is -0.493 e. The van der Waals surface area contributed by atoms with Crippen LogP contribution in [-0.2, 0) is 13.0 Å². The van der Waals surface area contributed by atoms with Crippen molar-refractivity contribution in [2.24, 2.45) is 0 Å². The molecule has 0 aliphatic heterocycles. The molecule has 0 spiro atoms. The molecular weight excluding hydrogens is 286 g/mol. The molecule has 2 rings (SSSR count). The van der Waals surface area contributed by atoms with E-state index in [1.54, 1.807) is 7.11 Å². The van der Waals surface area contributed by atoms with Crippen molar-refractivity contribution in [3.63, 3.8) is 0 Å². The highest BCUT2D eigenvalue weighted by atomic mass is 16.5. The van der Waals surface area contributed by atoms with Crippen molar-refractivity contribution >= 4 is 0 Å². The van der Waals surface area contributed by atoms with E-state index in [2.05, 4.69) is 42.8 Å². The van der Waals surface area contributed by atoms with E-state index in [4.69, 9.17) is 9.47 Å². The van der Waals surface area contributed by atoms with Gasteiger partial charge in [-0.3, -0.25) is 4.90 Å². The summed E-state index contributed by atoms with van der Waals surface area (Å²) >= 11 is 0. The summed E-state index contributed by atoms with van der Waals surface area (Å²) in [6.45, 7) is 6.16. The molecular formula is C20H25NO2. The largest absolute Gasteiger partial charge is 0.493 e. The topological polar surface area (TPSA) is 21.7 Å². The van der Waals surface area contributed by atoms with Gasteiger partial charge in [-0.2, -0.15) is 0 Å². The van der Waals surface area contributed by atoms with Gasteiger partial charge in [-0.05, 0) is 36.7 Å². The summed E-state index contributed by atoms with van der Waals surface area (Å²) in [5.41, 5.74) is 2.48. The molecule has 0 atom stereocenters. The number of ether oxygens (including phenoxy) is 2. The van der Waals surface area contributed by atoms with E-state index in [1.807, 2.05) is 30.3 Å². The number of methoxy groups -OCH3 is 1. The fourth-order valence-corrected chi connectivity index (χ4v) is 2.41. The maximum atomic E-state index is 5.88. The highest BCUT2D eigenvalue weighted by Crippen LogP contribution is 2.28. The van der Waals surface area contributed by atoms with Gasteiger partial charge in [0.15, 0.2) is 11.5 Å². The van der Waals surface area contributed by atoms with Crippen molar-refractivity contribution in [2.75, 3.05) is 27.3 Å². The van der Waals surface area contributed by atoms with Gasteiger partial charge in [0.1, 0.15) is 6.61 Å². The van der Waals surface area contributed by atoms with Crippen molar-refractivity contribution in [2.45, 2.75) is 13.0 Å². The SMILES string of the molecule is C=CCc1ccc(OCCN(C)Cc2ccccc2)c(OC)c1. The molecule has 0 radical (unpaired) electrons. The van der Waals surface area contributed by atoms with Crippen LogP contribution in [0.2, 0.25) is 0 Å². The maximum absolute atomic E-state index is 5.88. The van der Waals surface area contributed by atoms with Crippen molar-refractivity contribution in [1.29, 1.82) is 0 Å². The smallest absolute Gasteiger partial charge is 0.161 e. The molecule has 3 nitrogen and oxygen atoms in total. The van der Waals surface area contributed by atoms with E-state index >= 15 is 0 Å². The van der Waals surface area contributed by atoms with Crippen LogP contribution in [0.15, 0.2) is 61.2 Å². The Hall–Kier alpha value is -2.26. The molecule has 0 heterocycles. The minimum atomic E-state index is 0.625. The molecule has 2 aromatic carbocycles. The molecule has 0 N–H and O–H groups in total. The first-order valence-corrected chi connectivity index (χ1v) is 7.86. The fourth-order valence-electron chi connectivity index (χ4n) is 2.41. The predicted octanol–water partition coefficient (Wildman–Crippen LogP) is 3.93. The molecule has 23 heavy (non-hydrogen) atoms. The quantitative estimate of drug-likeness (QED) is 0.655. The minimum absolute atomic E-state index is 0.625. The Morgan fingerprint density at radius 2 is 1.83 bits per heavy atom. The number of hydrogen-bond donors (Lipinski definition) is 0. The van der Waals surface area contributed by atoms with Crippen LogP contribution in [0.5, 0.6) is 11.5 Å². The lowest BCUT2D eigenvalue weighted by molar-refractivity contribution is 0.226. The van der Waals surface area contributed by atoms with Crippen LogP contribution >= 0.6 is 0 Å². The third-order valence-corrected chi connectivity index (χ3v) is 3.63. The molecule has 2 aromatic rings. The number of hydrogen-bond acceptors (Lipinski definition) is 3. The molecule has 3 heteroatoms. The molecule has 0 unspecified atom stereocenters. The Morgan fingerprint density at radius 1 is 1.04 bits per heavy atom. The predicted molar refractivity (Wildman–Crippen MR) is 95.2 cm³/mol. The van der Waals surface area contributed by atoms with Crippen LogP contribution in [0.4, 0.5) is 0 Å². The molecule has 0 bridgehead atoms. The number of nitrogens with zero attached hydrogens (tertiary/aromatic N) is 1. The van der Waals surface area contributed by atoms with Gasteiger partial charge in [0.25, 0.3) is 0 Å². The lowest BCUT2D eigenvalue weighted by atomic mass is 10.1. The first kappa shape index (κ1) is 17.1. The van der Waals surface area contributed by atoms with Gasteiger partial charge < -0.3 is 9.47 Å². The number of allylic oxidation sites excluding steroid dienone is 1. The first-order valence-electron chi connectivity index (χ1n) is 7.86. The summed E-state index contributed by atoms with van der Waals surface area (Å²) in [5.74, 6) is 1.56. The zero-order valence-electron chi connectivity index (χ0n) is 14.0. The molecule has 0 amide bonds. The summed E-state index contributed by atoms with van der Waals surface area (Å²) in [7, 11) is 3.77. The molecule has 0 fully saturated rings. The van der Waals surface area contributed by atoms with Crippen molar-refractivity contribution < 1.29 is 9.47 Å². The van der Waals surface area contributed by atoms with E-state index in [9.17, 15) is 0 Å². The maximum Gasteiger partial charge on any atom is 0.161 e. The second kappa shape index (κ2) is 9.01. The third kappa shape index (κ3) is 5.46. The second-order valence-electron chi connectivity index (χ2n) is 5.55. The summed E-state index contributed by atoms with van der Waals surface area (Å²) in [6.07, 6.45) is 2.71. The van der Waals surface area contributed by atoms with Gasteiger partial charge in [-0.15, -0.1) is 6.58 Å². The number of benzene rings is 2. The van der Waals surface area contributed by atoms with Crippen LogP contribution < -0.4 is 9.47 Å².